The molecule has 0 spiro atoms. The molecule has 17 heavy (non-hydrogen) atoms. The normalized spacial score (nSPS) is 11.1. The van der Waals surface area contributed by atoms with Crippen LogP contribution in [0.2, 0.25) is 0 Å². The Bertz CT molecular complexity index is 420. The third-order valence-electron chi connectivity index (χ3n) is 2.17. The average molecular weight is 236 g/mol. The lowest BCUT2D eigenvalue weighted by Crippen LogP contribution is -2.24. The predicted octanol–water partition coefficient (Wildman–Crippen LogP) is 2.29. The fourth-order valence-electron chi connectivity index (χ4n) is 1.35. The number of nitrogens with two attached hydrogens (primary N) is 1. The molecule has 4 heteroatoms. The first-order chi connectivity index (χ1) is 7.70. The van der Waals surface area contributed by atoms with Crippen LogP contribution >= 0.6 is 0 Å². The van der Waals surface area contributed by atoms with Gasteiger partial charge in [-0.3, -0.25) is 0 Å². The number of nitrogens with zero attached hydrogens (tertiary/aromatic N) is 1. The molecule has 0 amide bonds. The highest BCUT2D eigenvalue weighted by Gasteiger charge is 2.19. The highest BCUT2D eigenvalue weighted by Crippen LogP contribution is 2.22. The lowest BCUT2D eigenvalue weighted by Gasteiger charge is -2.20. The van der Waals surface area contributed by atoms with Crippen LogP contribution in [0.5, 0.6) is 0 Å². The van der Waals surface area contributed by atoms with Crippen LogP contribution < -0.4 is 10.6 Å². The van der Waals surface area contributed by atoms with Crippen molar-refractivity contribution in [2.75, 3.05) is 24.7 Å². The number of benzene rings is 1. The van der Waals surface area contributed by atoms with Crippen LogP contribution in [0.3, 0.4) is 0 Å². The SMILES string of the molecule is CN(C)c1ccc(C(=O)OC(C)(C)C)c(N)c1. The third kappa shape index (κ3) is 3.66. The number of rotatable bonds is 2. The van der Waals surface area contributed by atoms with Crippen molar-refractivity contribution >= 4 is 17.3 Å². The molecule has 1 aromatic rings. The van der Waals surface area contributed by atoms with Crippen molar-refractivity contribution in [2.24, 2.45) is 0 Å². The lowest BCUT2D eigenvalue weighted by atomic mass is 10.1. The standard InChI is InChI=1S/C13H20N2O2/c1-13(2,3)17-12(16)10-7-6-9(15(4)5)8-11(10)14/h6-8H,14H2,1-5H3. The van der Waals surface area contributed by atoms with Crippen molar-refractivity contribution in [1.82, 2.24) is 0 Å². The molecular weight excluding hydrogens is 216 g/mol. The first kappa shape index (κ1) is 13.4. The molecule has 0 aliphatic heterocycles. The second-order valence-corrected chi connectivity index (χ2v) is 5.17. The second-order valence-electron chi connectivity index (χ2n) is 5.17. The van der Waals surface area contributed by atoms with Gasteiger partial charge in [0.15, 0.2) is 0 Å². The van der Waals surface area contributed by atoms with Crippen LogP contribution in [-0.4, -0.2) is 25.7 Å². The topological polar surface area (TPSA) is 55.6 Å². The molecule has 0 radical (unpaired) electrons. The van der Waals surface area contributed by atoms with Gasteiger partial charge in [0.2, 0.25) is 0 Å². The van der Waals surface area contributed by atoms with Crippen molar-refractivity contribution in [2.45, 2.75) is 26.4 Å². The van der Waals surface area contributed by atoms with Gasteiger partial charge in [-0.2, -0.15) is 0 Å². The summed E-state index contributed by atoms with van der Waals surface area (Å²) in [5, 5.41) is 0. The summed E-state index contributed by atoms with van der Waals surface area (Å²) < 4.78 is 5.27. The first-order valence-corrected chi connectivity index (χ1v) is 5.51. The molecule has 0 heterocycles. The molecule has 1 rings (SSSR count). The highest BCUT2D eigenvalue weighted by atomic mass is 16.6. The van der Waals surface area contributed by atoms with Gasteiger partial charge in [0.1, 0.15) is 5.60 Å². The van der Waals surface area contributed by atoms with Gasteiger partial charge in [-0.25, -0.2) is 4.79 Å². The van der Waals surface area contributed by atoms with Gasteiger partial charge in [0.05, 0.1) is 5.56 Å². The van der Waals surface area contributed by atoms with E-state index in [1.165, 1.54) is 0 Å². The fraction of sp³-hybridized carbons (Fsp3) is 0.462. The van der Waals surface area contributed by atoms with Gasteiger partial charge in [-0.1, -0.05) is 0 Å². The Morgan fingerprint density at radius 2 is 1.88 bits per heavy atom. The Morgan fingerprint density at radius 3 is 2.29 bits per heavy atom. The van der Waals surface area contributed by atoms with E-state index in [-0.39, 0.29) is 5.97 Å². The number of hydrogen-bond donors (Lipinski definition) is 1. The van der Waals surface area contributed by atoms with Gasteiger partial charge in [-0.05, 0) is 39.0 Å². The largest absolute Gasteiger partial charge is 0.456 e. The summed E-state index contributed by atoms with van der Waals surface area (Å²) in [4.78, 5) is 13.8. The lowest BCUT2D eigenvalue weighted by molar-refractivity contribution is 0.00708. The van der Waals surface area contributed by atoms with Crippen LogP contribution in [-0.2, 0) is 4.74 Å². The quantitative estimate of drug-likeness (QED) is 0.632. The maximum Gasteiger partial charge on any atom is 0.340 e. The van der Waals surface area contributed by atoms with Crippen molar-refractivity contribution in [1.29, 1.82) is 0 Å². The Hall–Kier alpha value is -1.71. The first-order valence-electron chi connectivity index (χ1n) is 5.51. The summed E-state index contributed by atoms with van der Waals surface area (Å²) in [7, 11) is 3.84. The Kier molecular flexibility index (Phi) is 3.66. The number of nitrogen functional groups attached to an aromatic ring is 1. The smallest absolute Gasteiger partial charge is 0.340 e. The van der Waals surface area contributed by atoms with Crippen molar-refractivity contribution < 1.29 is 9.53 Å². The fourth-order valence-corrected chi connectivity index (χ4v) is 1.35. The molecule has 0 atom stereocenters. The van der Waals surface area contributed by atoms with Crippen molar-refractivity contribution in [3.05, 3.63) is 23.8 Å². The molecule has 0 aliphatic rings. The van der Waals surface area contributed by atoms with Gasteiger partial charge in [-0.15, -0.1) is 0 Å². The maximum atomic E-state index is 11.8. The van der Waals surface area contributed by atoms with Crippen molar-refractivity contribution in [3.63, 3.8) is 0 Å². The van der Waals surface area contributed by atoms with Crippen molar-refractivity contribution in [3.8, 4) is 0 Å². The molecule has 1 aromatic carbocycles. The van der Waals surface area contributed by atoms with Gasteiger partial charge >= 0.3 is 5.97 Å². The summed E-state index contributed by atoms with van der Waals surface area (Å²) in [5.41, 5.74) is 7.14. The Balaban J connectivity index is 2.96. The van der Waals surface area contributed by atoms with Gasteiger partial charge in [0, 0.05) is 25.5 Å². The molecule has 4 nitrogen and oxygen atoms in total. The van der Waals surface area contributed by atoms with E-state index >= 15 is 0 Å². The summed E-state index contributed by atoms with van der Waals surface area (Å²) in [6.07, 6.45) is 0. The van der Waals surface area contributed by atoms with E-state index in [0.717, 1.165) is 5.69 Å². The minimum Gasteiger partial charge on any atom is -0.456 e. The number of esters is 1. The molecule has 94 valence electrons. The van der Waals surface area contributed by atoms with E-state index in [0.29, 0.717) is 11.3 Å². The molecule has 0 fully saturated rings. The average Bonchev–Trinajstić information content (AvgIpc) is 2.14. The van der Waals surface area contributed by atoms with Gasteiger partial charge < -0.3 is 15.4 Å². The zero-order chi connectivity index (χ0) is 13.2. The summed E-state index contributed by atoms with van der Waals surface area (Å²) in [6.45, 7) is 5.49. The van der Waals surface area contributed by atoms with E-state index < -0.39 is 5.60 Å². The van der Waals surface area contributed by atoms with Gasteiger partial charge in [0.25, 0.3) is 0 Å². The second kappa shape index (κ2) is 4.65. The maximum absolute atomic E-state index is 11.8. The molecule has 0 saturated heterocycles. The third-order valence-corrected chi connectivity index (χ3v) is 2.17. The molecular formula is C13H20N2O2. The Labute approximate surface area is 102 Å². The number of ether oxygens (including phenoxy) is 1. The van der Waals surface area contributed by atoms with Crippen LogP contribution in [0.4, 0.5) is 11.4 Å². The van der Waals surface area contributed by atoms with Crippen LogP contribution in [0.25, 0.3) is 0 Å². The molecule has 0 bridgehead atoms. The predicted molar refractivity (Wildman–Crippen MR) is 70.3 cm³/mol. The van der Waals surface area contributed by atoms with E-state index in [4.69, 9.17) is 10.5 Å². The summed E-state index contributed by atoms with van der Waals surface area (Å²) in [6, 6.07) is 5.30. The van der Waals surface area contributed by atoms with Crippen LogP contribution in [0.15, 0.2) is 18.2 Å². The Morgan fingerprint density at radius 1 is 1.29 bits per heavy atom. The van der Waals surface area contributed by atoms with E-state index in [1.54, 1.807) is 12.1 Å². The van der Waals surface area contributed by atoms with Crippen LogP contribution in [0.1, 0.15) is 31.1 Å². The molecule has 2 N–H and O–H groups in total. The number of hydrogen-bond acceptors (Lipinski definition) is 4. The number of carbonyl (C=O) groups excluding carboxylic acids is 1. The highest BCUT2D eigenvalue weighted by molar-refractivity contribution is 5.96. The van der Waals surface area contributed by atoms with E-state index in [1.807, 2.05) is 45.8 Å². The summed E-state index contributed by atoms with van der Waals surface area (Å²) in [5.74, 6) is -0.389. The summed E-state index contributed by atoms with van der Waals surface area (Å²) >= 11 is 0. The number of carbonyl (C=O) groups is 1. The molecule has 0 unspecified atom stereocenters. The van der Waals surface area contributed by atoms with E-state index in [9.17, 15) is 4.79 Å². The zero-order valence-electron chi connectivity index (χ0n) is 11.1. The molecule has 0 aromatic heterocycles. The zero-order valence-corrected chi connectivity index (χ0v) is 11.1. The minimum atomic E-state index is -0.510. The van der Waals surface area contributed by atoms with E-state index in [2.05, 4.69) is 0 Å². The monoisotopic (exact) mass is 236 g/mol. The number of anilines is 2. The molecule has 0 aliphatic carbocycles. The molecule has 0 saturated carbocycles. The minimum absolute atomic E-state index is 0.389. The van der Waals surface area contributed by atoms with Crippen LogP contribution in [0, 0.1) is 0 Å².